The number of rotatable bonds is 6. The molecule has 148 valence electrons. The molecule has 0 spiro atoms. The number of nitrogens with zero attached hydrogens (tertiary/aromatic N) is 3. The standard InChI is InChI=1S/C22H22N4O3/c1-16-22(28)26(19-8-4-5-9-20(19)29-16)12-10-21(27)24-14-17-6-2-3-7-18(17)25-13-11-23-15-25/h2-9,11,13,15-16H,10,12,14H2,1H3,(H,24,27). The Bertz CT molecular complexity index is 1020. The monoisotopic (exact) mass is 390 g/mol. The molecule has 0 fully saturated rings. The van der Waals surface area contributed by atoms with Crippen molar-refractivity contribution in [2.45, 2.75) is 26.0 Å². The van der Waals surface area contributed by atoms with Gasteiger partial charge in [-0.3, -0.25) is 9.59 Å². The first-order valence-corrected chi connectivity index (χ1v) is 9.53. The van der Waals surface area contributed by atoms with Crippen LogP contribution in [0.25, 0.3) is 5.69 Å². The number of fused-ring (bicyclic) bond motifs is 1. The van der Waals surface area contributed by atoms with Crippen LogP contribution in [-0.2, 0) is 16.1 Å². The molecule has 7 heteroatoms. The van der Waals surface area contributed by atoms with Crippen LogP contribution in [0.4, 0.5) is 5.69 Å². The molecule has 1 aliphatic heterocycles. The highest BCUT2D eigenvalue weighted by Crippen LogP contribution is 2.33. The summed E-state index contributed by atoms with van der Waals surface area (Å²) in [7, 11) is 0. The van der Waals surface area contributed by atoms with Crippen molar-refractivity contribution in [3.63, 3.8) is 0 Å². The Balaban J connectivity index is 1.39. The number of carbonyl (C=O) groups excluding carboxylic acids is 2. The van der Waals surface area contributed by atoms with Crippen molar-refractivity contribution in [2.24, 2.45) is 0 Å². The van der Waals surface area contributed by atoms with Crippen LogP contribution in [0.3, 0.4) is 0 Å². The van der Waals surface area contributed by atoms with Crippen molar-refractivity contribution in [3.05, 3.63) is 72.8 Å². The maximum absolute atomic E-state index is 12.5. The molecule has 2 amide bonds. The zero-order valence-corrected chi connectivity index (χ0v) is 16.1. The first-order chi connectivity index (χ1) is 14.1. The summed E-state index contributed by atoms with van der Waals surface area (Å²) >= 11 is 0. The topological polar surface area (TPSA) is 76.5 Å². The molecular weight excluding hydrogens is 368 g/mol. The summed E-state index contributed by atoms with van der Waals surface area (Å²) in [6.07, 6.45) is 4.95. The molecule has 2 aromatic carbocycles. The van der Waals surface area contributed by atoms with Gasteiger partial charge in [-0.05, 0) is 30.7 Å². The summed E-state index contributed by atoms with van der Waals surface area (Å²) < 4.78 is 7.54. The first kappa shape index (κ1) is 18.7. The lowest BCUT2D eigenvalue weighted by atomic mass is 10.1. The third kappa shape index (κ3) is 3.99. The Kier molecular flexibility index (Phi) is 5.29. The second-order valence-corrected chi connectivity index (χ2v) is 6.84. The lowest BCUT2D eigenvalue weighted by Gasteiger charge is -2.32. The fourth-order valence-corrected chi connectivity index (χ4v) is 3.40. The molecular formula is C22H22N4O3. The number of hydrogen-bond donors (Lipinski definition) is 1. The maximum atomic E-state index is 12.5. The van der Waals surface area contributed by atoms with Gasteiger partial charge in [0, 0.05) is 31.9 Å². The van der Waals surface area contributed by atoms with Crippen molar-refractivity contribution in [1.29, 1.82) is 0 Å². The van der Waals surface area contributed by atoms with Crippen LogP contribution in [-0.4, -0.2) is 34.0 Å². The van der Waals surface area contributed by atoms with Crippen molar-refractivity contribution < 1.29 is 14.3 Å². The van der Waals surface area contributed by atoms with E-state index in [1.807, 2.05) is 59.3 Å². The minimum atomic E-state index is -0.560. The zero-order valence-electron chi connectivity index (χ0n) is 16.1. The number of amides is 2. The Morgan fingerprint density at radius 2 is 1.90 bits per heavy atom. The molecule has 1 aliphatic rings. The number of anilines is 1. The summed E-state index contributed by atoms with van der Waals surface area (Å²) in [5.74, 6) is 0.408. The Morgan fingerprint density at radius 3 is 2.69 bits per heavy atom. The molecule has 3 aromatic rings. The van der Waals surface area contributed by atoms with Crippen LogP contribution in [0.2, 0.25) is 0 Å². The summed E-state index contributed by atoms with van der Waals surface area (Å²) in [6.45, 7) is 2.42. The van der Waals surface area contributed by atoms with Gasteiger partial charge < -0.3 is 19.5 Å². The lowest BCUT2D eigenvalue weighted by Crippen LogP contribution is -2.45. The van der Waals surface area contributed by atoms with Crippen molar-refractivity contribution in [3.8, 4) is 11.4 Å². The van der Waals surface area contributed by atoms with Crippen LogP contribution in [0.1, 0.15) is 18.9 Å². The molecule has 0 radical (unpaired) electrons. The summed E-state index contributed by atoms with van der Waals surface area (Å²) in [5.41, 5.74) is 2.66. The molecule has 7 nitrogen and oxygen atoms in total. The number of aromatic nitrogens is 2. The molecule has 1 N–H and O–H groups in total. The molecule has 0 aliphatic carbocycles. The lowest BCUT2D eigenvalue weighted by molar-refractivity contribution is -0.125. The smallest absolute Gasteiger partial charge is 0.267 e. The van der Waals surface area contributed by atoms with Gasteiger partial charge in [0.05, 0.1) is 17.7 Å². The van der Waals surface area contributed by atoms with Crippen molar-refractivity contribution in [2.75, 3.05) is 11.4 Å². The predicted octanol–water partition coefficient (Wildman–Crippen LogP) is 2.69. The van der Waals surface area contributed by atoms with E-state index in [1.165, 1.54) is 0 Å². The van der Waals surface area contributed by atoms with Crippen LogP contribution in [0, 0.1) is 0 Å². The van der Waals surface area contributed by atoms with Crippen molar-refractivity contribution >= 4 is 17.5 Å². The Morgan fingerprint density at radius 1 is 1.14 bits per heavy atom. The van der Waals surface area contributed by atoms with Crippen molar-refractivity contribution in [1.82, 2.24) is 14.9 Å². The van der Waals surface area contributed by atoms with Crippen LogP contribution in [0.5, 0.6) is 5.75 Å². The van der Waals surface area contributed by atoms with E-state index in [0.29, 0.717) is 24.5 Å². The maximum Gasteiger partial charge on any atom is 0.267 e. The Labute approximate surface area is 168 Å². The average molecular weight is 390 g/mol. The number of ether oxygens (including phenoxy) is 1. The average Bonchev–Trinajstić information content (AvgIpc) is 3.27. The minimum Gasteiger partial charge on any atom is -0.479 e. The zero-order chi connectivity index (χ0) is 20.2. The van der Waals surface area contributed by atoms with E-state index in [4.69, 9.17) is 4.74 Å². The molecule has 0 bridgehead atoms. The first-order valence-electron chi connectivity index (χ1n) is 9.53. The van der Waals surface area contributed by atoms with E-state index in [2.05, 4.69) is 10.3 Å². The van der Waals surface area contributed by atoms with E-state index in [0.717, 1.165) is 11.3 Å². The summed E-state index contributed by atoms with van der Waals surface area (Å²) in [6, 6.07) is 15.2. The van der Waals surface area contributed by atoms with Gasteiger partial charge in [0.1, 0.15) is 5.75 Å². The molecule has 29 heavy (non-hydrogen) atoms. The number of carbonyl (C=O) groups is 2. The van der Waals surface area contributed by atoms with Crippen LogP contribution in [0.15, 0.2) is 67.3 Å². The highest BCUT2D eigenvalue weighted by atomic mass is 16.5. The van der Waals surface area contributed by atoms with E-state index in [-0.39, 0.29) is 18.2 Å². The van der Waals surface area contributed by atoms with Gasteiger partial charge in [-0.25, -0.2) is 4.98 Å². The molecule has 0 saturated heterocycles. The summed E-state index contributed by atoms with van der Waals surface area (Å²) in [5, 5.41) is 2.95. The van der Waals surface area contributed by atoms with E-state index < -0.39 is 6.10 Å². The molecule has 1 atom stereocenters. The van der Waals surface area contributed by atoms with Gasteiger partial charge >= 0.3 is 0 Å². The van der Waals surface area contributed by atoms with Crippen LogP contribution < -0.4 is 15.0 Å². The normalized spacial score (nSPS) is 15.6. The van der Waals surface area contributed by atoms with Gasteiger partial charge in [-0.15, -0.1) is 0 Å². The molecule has 1 unspecified atom stereocenters. The fraction of sp³-hybridized carbons (Fsp3) is 0.227. The van der Waals surface area contributed by atoms with Crippen LogP contribution >= 0.6 is 0 Å². The number of para-hydroxylation sites is 3. The molecule has 1 aromatic heterocycles. The quantitative estimate of drug-likeness (QED) is 0.702. The van der Waals surface area contributed by atoms with E-state index in [1.54, 1.807) is 24.3 Å². The van der Waals surface area contributed by atoms with Gasteiger partial charge in [-0.1, -0.05) is 30.3 Å². The predicted molar refractivity (Wildman–Crippen MR) is 109 cm³/mol. The number of benzene rings is 2. The van der Waals surface area contributed by atoms with Gasteiger partial charge in [0.25, 0.3) is 5.91 Å². The third-order valence-corrected chi connectivity index (χ3v) is 4.89. The molecule has 2 heterocycles. The molecule has 4 rings (SSSR count). The highest BCUT2D eigenvalue weighted by molar-refractivity contribution is 6.00. The minimum absolute atomic E-state index is 0.116. The largest absolute Gasteiger partial charge is 0.479 e. The third-order valence-electron chi connectivity index (χ3n) is 4.89. The second kappa shape index (κ2) is 8.18. The SMILES string of the molecule is CC1Oc2ccccc2N(CCC(=O)NCc2ccccc2-n2ccnc2)C1=O. The van der Waals surface area contributed by atoms with Gasteiger partial charge in [0.2, 0.25) is 5.91 Å². The second-order valence-electron chi connectivity index (χ2n) is 6.84. The molecule has 0 saturated carbocycles. The Hall–Kier alpha value is -3.61. The number of nitrogens with one attached hydrogen (secondary N) is 1. The van der Waals surface area contributed by atoms with Gasteiger partial charge in [0.15, 0.2) is 6.10 Å². The number of imidazole rings is 1. The fourth-order valence-electron chi connectivity index (χ4n) is 3.40. The van der Waals surface area contributed by atoms with Gasteiger partial charge in [-0.2, -0.15) is 0 Å². The number of hydrogen-bond acceptors (Lipinski definition) is 4. The summed E-state index contributed by atoms with van der Waals surface area (Å²) in [4.78, 5) is 30.7. The highest BCUT2D eigenvalue weighted by Gasteiger charge is 2.31. The van der Waals surface area contributed by atoms with E-state index in [9.17, 15) is 9.59 Å². The van der Waals surface area contributed by atoms with E-state index >= 15 is 0 Å².